The van der Waals surface area contributed by atoms with Gasteiger partial charge in [0.1, 0.15) is 5.60 Å². The van der Waals surface area contributed by atoms with Crippen LogP contribution in [0.1, 0.15) is 45.0 Å². The Bertz CT molecular complexity index is 485. The van der Waals surface area contributed by atoms with Crippen molar-refractivity contribution in [2.75, 3.05) is 32.5 Å². The largest absolute Gasteiger partial charge is 0.456 e. The molecule has 0 aliphatic rings. The van der Waals surface area contributed by atoms with Crippen molar-refractivity contribution in [2.45, 2.75) is 40.2 Å². The molecule has 4 heteroatoms. The average Bonchev–Trinajstić information content (AvgIpc) is 2.33. The molecule has 124 valence electrons. The number of ether oxygens (including phenoxy) is 1. The Morgan fingerprint density at radius 3 is 2.09 bits per heavy atom. The van der Waals surface area contributed by atoms with Crippen molar-refractivity contribution in [2.24, 2.45) is 5.41 Å². The minimum absolute atomic E-state index is 0.174. The summed E-state index contributed by atoms with van der Waals surface area (Å²) in [6, 6.07) is 7.45. The fourth-order valence-electron chi connectivity index (χ4n) is 2.31. The molecule has 0 atom stereocenters. The summed E-state index contributed by atoms with van der Waals surface area (Å²) in [5, 5.41) is 3.43. The number of rotatable bonds is 6. The van der Waals surface area contributed by atoms with Crippen LogP contribution in [0.2, 0.25) is 0 Å². The summed E-state index contributed by atoms with van der Waals surface area (Å²) in [5.74, 6) is -0.285. The van der Waals surface area contributed by atoms with Gasteiger partial charge in [-0.3, -0.25) is 0 Å². The number of benzene rings is 1. The normalized spacial score (nSPS) is 12.4. The van der Waals surface area contributed by atoms with E-state index in [0.717, 1.165) is 18.8 Å². The molecule has 22 heavy (non-hydrogen) atoms. The number of nitrogens with one attached hydrogen (secondary N) is 1. The highest BCUT2D eigenvalue weighted by molar-refractivity contribution is 5.90. The van der Waals surface area contributed by atoms with Crippen molar-refractivity contribution in [3.63, 3.8) is 0 Å². The minimum atomic E-state index is -0.468. The van der Waals surface area contributed by atoms with Crippen molar-refractivity contribution in [3.8, 4) is 0 Å². The Morgan fingerprint density at radius 2 is 1.64 bits per heavy atom. The number of carbonyl (C=O) groups excluding carboxylic acids is 1. The first-order valence-electron chi connectivity index (χ1n) is 7.71. The summed E-state index contributed by atoms with van der Waals surface area (Å²) < 4.78 is 5.36. The van der Waals surface area contributed by atoms with Crippen LogP contribution in [-0.2, 0) is 4.74 Å². The second kappa shape index (κ2) is 7.14. The molecule has 1 aromatic rings. The molecule has 1 N–H and O–H groups in total. The molecule has 1 aromatic carbocycles. The SMILES string of the molecule is CN(C)CC(C)(C)CNc1ccc(C(=O)OC(C)(C)C)cc1. The highest BCUT2D eigenvalue weighted by Crippen LogP contribution is 2.19. The van der Waals surface area contributed by atoms with Crippen LogP contribution in [0.25, 0.3) is 0 Å². The Hall–Kier alpha value is -1.55. The molecule has 0 fully saturated rings. The topological polar surface area (TPSA) is 41.6 Å². The second-order valence-electron chi connectivity index (χ2n) is 7.83. The zero-order valence-electron chi connectivity index (χ0n) is 15.0. The van der Waals surface area contributed by atoms with Gasteiger partial charge in [0.05, 0.1) is 5.56 Å². The van der Waals surface area contributed by atoms with Gasteiger partial charge in [-0.25, -0.2) is 4.79 Å². The predicted octanol–water partition coefficient (Wildman–Crippen LogP) is 3.64. The van der Waals surface area contributed by atoms with Gasteiger partial charge in [-0.15, -0.1) is 0 Å². The number of nitrogens with zero attached hydrogens (tertiary/aromatic N) is 1. The van der Waals surface area contributed by atoms with Crippen LogP contribution in [0.15, 0.2) is 24.3 Å². The zero-order chi connectivity index (χ0) is 17.0. The van der Waals surface area contributed by atoms with E-state index < -0.39 is 5.60 Å². The maximum atomic E-state index is 12.0. The molecule has 0 bridgehead atoms. The molecule has 0 saturated heterocycles. The molecular weight excluding hydrogens is 276 g/mol. The number of hydrogen-bond acceptors (Lipinski definition) is 4. The maximum Gasteiger partial charge on any atom is 0.338 e. The summed E-state index contributed by atoms with van der Waals surface area (Å²) in [5.41, 5.74) is 1.30. The average molecular weight is 306 g/mol. The lowest BCUT2D eigenvalue weighted by Gasteiger charge is -2.29. The number of anilines is 1. The van der Waals surface area contributed by atoms with Crippen molar-refractivity contribution in [1.29, 1.82) is 0 Å². The third-order valence-electron chi connectivity index (χ3n) is 3.03. The summed E-state index contributed by atoms with van der Waals surface area (Å²) >= 11 is 0. The lowest BCUT2D eigenvalue weighted by Crippen LogP contribution is -2.34. The van der Waals surface area contributed by atoms with Crippen molar-refractivity contribution >= 4 is 11.7 Å². The maximum absolute atomic E-state index is 12.0. The van der Waals surface area contributed by atoms with Crippen LogP contribution < -0.4 is 5.32 Å². The van der Waals surface area contributed by atoms with E-state index in [1.165, 1.54) is 0 Å². The van der Waals surface area contributed by atoms with Crippen LogP contribution in [-0.4, -0.2) is 43.7 Å². The lowest BCUT2D eigenvalue weighted by atomic mass is 9.93. The molecule has 0 radical (unpaired) electrons. The standard InChI is InChI=1S/C18H30N2O2/c1-17(2,3)22-16(21)14-8-10-15(11-9-14)19-12-18(4,5)13-20(6)7/h8-11,19H,12-13H2,1-7H3. The van der Waals surface area contributed by atoms with Crippen molar-refractivity contribution < 1.29 is 9.53 Å². The van der Waals surface area contributed by atoms with Gasteiger partial charge in [-0.2, -0.15) is 0 Å². The monoisotopic (exact) mass is 306 g/mol. The van der Waals surface area contributed by atoms with Gasteiger partial charge >= 0.3 is 5.97 Å². The molecule has 0 aromatic heterocycles. The predicted molar refractivity (Wildman–Crippen MR) is 92.4 cm³/mol. The van der Waals surface area contributed by atoms with Gasteiger partial charge in [-0.1, -0.05) is 13.8 Å². The first-order chi connectivity index (χ1) is 9.98. The molecule has 4 nitrogen and oxygen atoms in total. The second-order valence-corrected chi connectivity index (χ2v) is 7.83. The summed E-state index contributed by atoms with van der Waals surface area (Å²) in [6.07, 6.45) is 0. The van der Waals surface area contributed by atoms with E-state index in [4.69, 9.17) is 4.74 Å². The third-order valence-corrected chi connectivity index (χ3v) is 3.03. The van der Waals surface area contributed by atoms with E-state index in [9.17, 15) is 4.79 Å². The Kier molecular flexibility index (Phi) is 6.00. The van der Waals surface area contributed by atoms with Gasteiger partial charge in [0.2, 0.25) is 0 Å². The first kappa shape index (κ1) is 18.5. The molecule has 0 heterocycles. The number of esters is 1. The van der Waals surface area contributed by atoms with E-state index in [0.29, 0.717) is 5.56 Å². The highest BCUT2D eigenvalue weighted by atomic mass is 16.6. The van der Waals surface area contributed by atoms with Gasteiger partial charge in [-0.05, 0) is 64.5 Å². The summed E-state index contributed by atoms with van der Waals surface area (Å²) in [7, 11) is 4.16. The number of hydrogen-bond donors (Lipinski definition) is 1. The molecule has 0 aliphatic carbocycles. The Morgan fingerprint density at radius 1 is 1.09 bits per heavy atom. The van der Waals surface area contributed by atoms with Crippen LogP contribution >= 0.6 is 0 Å². The fraction of sp³-hybridized carbons (Fsp3) is 0.611. The summed E-state index contributed by atoms with van der Waals surface area (Å²) in [6.45, 7) is 12.0. The van der Waals surface area contributed by atoms with E-state index in [1.807, 2.05) is 32.9 Å². The van der Waals surface area contributed by atoms with E-state index in [1.54, 1.807) is 12.1 Å². The Balaban J connectivity index is 2.60. The van der Waals surface area contributed by atoms with Crippen LogP contribution in [0, 0.1) is 5.41 Å². The fourth-order valence-corrected chi connectivity index (χ4v) is 2.31. The molecule has 0 unspecified atom stereocenters. The van der Waals surface area contributed by atoms with Crippen LogP contribution in [0.5, 0.6) is 0 Å². The van der Waals surface area contributed by atoms with Gasteiger partial charge < -0.3 is 15.0 Å². The molecular formula is C18H30N2O2. The zero-order valence-corrected chi connectivity index (χ0v) is 15.0. The molecule has 1 rings (SSSR count). The number of carbonyl (C=O) groups is 1. The Labute approximate surface area is 134 Å². The highest BCUT2D eigenvalue weighted by Gasteiger charge is 2.19. The van der Waals surface area contributed by atoms with Gasteiger partial charge in [0.15, 0.2) is 0 Å². The van der Waals surface area contributed by atoms with Crippen molar-refractivity contribution in [1.82, 2.24) is 4.90 Å². The van der Waals surface area contributed by atoms with Gasteiger partial charge in [0, 0.05) is 18.8 Å². The summed E-state index contributed by atoms with van der Waals surface area (Å²) in [4.78, 5) is 14.1. The van der Waals surface area contributed by atoms with Crippen LogP contribution in [0.4, 0.5) is 5.69 Å². The van der Waals surface area contributed by atoms with E-state index in [2.05, 4.69) is 38.2 Å². The lowest BCUT2D eigenvalue weighted by molar-refractivity contribution is 0.00696. The van der Waals surface area contributed by atoms with Gasteiger partial charge in [0.25, 0.3) is 0 Å². The van der Waals surface area contributed by atoms with E-state index >= 15 is 0 Å². The molecule has 0 aliphatic heterocycles. The molecule has 0 amide bonds. The third kappa shape index (κ3) is 6.94. The smallest absolute Gasteiger partial charge is 0.338 e. The first-order valence-corrected chi connectivity index (χ1v) is 7.71. The van der Waals surface area contributed by atoms with Crippen LogP contribution in [0.3, 0.4) is 0 Å². The van der Waals surface area contributed by atoms with E-state index in [-0.39, 0.29) is 11.4 Å². The molecule has 0 spiro atoms. The van der Waals surface area contributed by atoms with Crippen molar-refractivity contribution in [3.05, 3.63) is 29.8 Å². The quantitative estimate of drug-likeness (QED) is 0.815. The minimum Gasteiger partial charge on any atom is -0.456 e. The molecule has 0 saturated carbocycles.